The summed E-state index contributed by atoms with van der Waals surface area (Å²) < 4.78 is 11.5. The number of nitrogens with zero attached hydrogens (tertiary/aromatic N) is 3. The number of thiocarbonyl (C=S) groups is 1. The third kappa shape index (κ3) is 4.87. The van der Waals surface area contributed by atoms with Gasteiger partial charge in [-0.15, -0.1) is 0 Å². The van der Waals surface area contributed by atoms with E-state index < -0.39 is 4.92 Å². The number of amides is 2. The maximum Gasteiger partial charge on any atom is 0.287 e. The quantitative estimate of drug-likeness (QED) is 0.207. The summed E-state index contributed by atoms with van der Waals surface area (Å²) in [6.45, 7) is 0. The molecule has 4 aliphatic carbocycles. The van der Waals surface area contributed by atoms with Gasteiger partial charge in [0.2, 0.25) is 11.8 Å². The highest BCUT2D eigenvalue weighted by molar-refractivity contribution is 8.26. The van der Waals surface area contributed by atoms with Crippen LogP contribution in [0.15, 0.2) is 41.4 Å². The lowest BCUT2D eigenvalue weighted by atomic mass is 9.49. The van der Waals surface area contributed by atoms with Gasteiger partial charge in [0.25, 0.3) is 11.6 Å². The van der Waals surface area contributed by atoms with Crippen molar-refractivity contribution in [3.63, 3.8) is 0 Å². The molecule has 1 saturated heterocycles. The number of carbonyl (C=O) groups is 2. The molecule has 12 heteroatoms. The fourth-order valence-electron chi connectivity index (χ4n) is 6.84. The second-order valence-electron chi connectivity index (χ2n) is 10.8. The summed E-state index contributed by atoms with van der Waals surface area (Å²) in [5, 5.41) is 12.0. The number of rotatable bonds is 7. The van der Waals surface area contributed by atoms with Crippen molar-refractivity contribution in [2.24, 2.45) is 23.2 Å². The molecule has 5 fully saturated rings. The lowest BCUT2D eigenvalue weighted by molar-refractivity contribution is -0.385. The molecule has 5 aliphatic rings. The number of thioether (sulfide) groups is 1. The smallest absolute Gasteiger partial charge is 0.287 e. The molecule has 39 heavy (non-hydrogen) atoms. The Kier molecular flexibility index (Phi) is 6.54. The highest BCUT2D eigenvalue weighted by Gasteiger charge is 2.55. The zero-order valence-electron chi connectivity index (χ0n) is 21.1. The zero-order chi connectivity index (χ0) is 27.3. The second kappa shape index (κ2) is 9.91. The molecule has 0 spiro atoms. The van der Waals surface area contributed by atoms with Crippen molar-refractivity contribution in [2.75, 3.05) is 7.11 Å². The Bertz CT molecular complexity index is 1370. The van der Waals surface area contributed by atoms with Crippen LogP contribution in [0.25, 0.3) is 6.08 Å². The molecule has 1 aromatic heterocycles. The molecule has 2 amide bonds. The van der Waals surface area contributed by atoms with Crippen LogP contribution in [0.2, 0.25) is 0 Å². The van der Waals surface area contributed by atoms with Gasteiger partial charge < -0.3 is 9.47 Å². The predicted octanol–water partition coefficient (Wildman–Crippen LogP) is 5.24. The number of hydrogen-bond acceptors (Lipinski definition) is 9. The summed E-state index contributed by atoms with van der Waals surface area (Å²) in [7, 11) is 1.48. The first kappa shape index (κ1) is 25.8. The molecule has 2 heterocycles. The molecular formula is C27H26N4O6S2. The minimum Gasteiger partial charge on any atom is -0.493 e. The topological polar surface area (TPSA) is 124 Å². The van der Waals surface area contributed by atoms with Crippen molar-refractivity contribution in [3.8, 4) is 17.4 Å². The number of ether oxygens (including phenoxy) is 2. The molecule has 4 bridgehead atoms. The minimum atomic E-state index is -0.538. The molecule has 7 rings (SSSR count). The number of nitrogens with one attached hydrogen (secondary N) is 1. The molecule has 0 radical (unpaired) electrons. The Morgan fingerprint density at radius 3 is 2.46 bits per heavy atom. The van der Waals surface area contributed by atoms with Crippen molar-refractivity contribution in [1.82, 2.24) is 15.4 Å². The summed E-state index contributed by atoms with van der Waals surface area (Å²) >= 11 is 6.60. The Morgan fingerprint density at radius 2 is 1.87 bits per heavy atom. The van der Waals surface area contributed by atoms with Gasteiger partial charge in [0.15, 0.2) is 15.8 Å². The zero-order valence-corrected chi connectivity index (χ0v) is 22.8. The number of nitro groups is 1. The molecular weight excluding hydrogens is 540 g/mol. The maximum atomic E-state index is 13.5. The van der Waals surface area contributed by atoms with E-state index in [0.717, 1.165) is 37.2 Å². The van der Waals surface area contributed by atoms with E-state index in [9.17, 15) is 19.7 Å². The number of benzene rings is 1. The van der Waals surface area contributed by atoms with Crippen LogP contribution in [0.3, 0.4) is 0 Å². The first-order valence-electron chi connectivity index (χ1n) is 12.8. The van der Waals surface area contributed by atoms with Crippen molar-refractivity contribution in [1.29, 1.82) is 0 Å². The first-order chi connectivity index (χ1) is 18.7. The van der Waals surface area contributed by atoms with Crippen LogP contribution in [-0.2, 0) is 9.59 Å². The Morgan fingerprint density at radius 1 is 1.18 bits per heavy atom. The first-order valence-corrected chi connectivity index (χ1v) is 14.0. The summed E-state index contributed by atoms with van der Waals surface area (Å²) in [6.07, 6.45) is 9.19. The number of pyridine rings is 1. The van der Waals surface area contributed by atoms with E-state index in [0.29, 0.717) is 44.0 Å². The van der Waals surface area contributed by atoms with Crippen LogP contribution in [0, 0.1) is 33.3 Å². The molecule has 202 valence electrons. The number of aromatic nitrogens is 1. The molecule has 1 aliphatic heterocycles. The minimum absolute atomic E-state index is 0.0813. The van der Waals surface area contributed by atoms with Crippen molar-refractivity contribution < 1.29 is 24.0 Å². The standard InChI is InChI=1S/C27H26N4O6S2/c1-36-21-9-15(2-4-20(21)37-23-5-3-19(14-28-23)31(34)35)10-22-24(32)30(26(38)39-22)29-25(33)27-11-16-6-17(12-27)8-18(7-16)13-27/h2-5,9-10,14,16-18H,6-8,11-13H2,1H3,(H,29,33)/b22-10+. The van der Waals surface area contributed by atoms with Gasteiger partial charge in [-0.2, -0.15) is 5.01 Å². The highest BCUT2D eigenvalue weighted by Crippen LogP contribution is 2.60. The van der Waals surface area contributed by atoms with E-state index in [2.05, 4.69) is 10.4 Å². The summed E-state index contributed by atoms with van der Waals surface area (Å²) in [5.41, 5.74) is 3.01. The largest absolute Gasteiger partial charge is 0.493 e. The van der Waals surface area contributed by atoms with Gasteiger partial charge >= 0.3 is 0 Å². The van der Waals surface area contributed by atoms with Crippen LogP contribution in [0.4, 0.5) is 5.69 Å². The second-order valence-corrected chi connectivity index (χ2v) is 12.5. The van der Waals surface area contributed by atoms with Crippen LogP contribution in [0.5, 0.6) is 17.4 Å². The monoisotopic (exact) mass is 566 g/mol. The van der Waals surface area contributed by atoms with Crippen molar-refractivity contribution in [3.05, 3.63) is 57.1 Å². The van der Waals surface area contributed by atoms with Gasteiger partial charge in [0.1, 0.15) is 6.20 Å². The molecule has 2 aromatic rings. The number of hydrogen-bond donors (Lipinski definition) is 1. The lowest BCUT2D eigenvalue weighted by Gasteiger charge is -2.55. The van der Waals surface area contributed by atoms with Crippen LogP contribution in [-0.4, -0.2) is 38.2 Å². The molecule has 4 saturated carbocycles. The lowest BCUT2D eigenvalue weighted by Crippen LogP contribution is -2.57. The van der Waals surface area contributed by atoms with Crippen molar-refractivity contribution >= 4 is 51.9 Å². The average Bonchev–Trinajstić information content (AvgIpc) is 3.16. The third-order valence-electron chi connectivity index (χ3n) is 8.16. The van der Waals surface area contributed by atoms with Gasteiger partial charge in [-0.05, 0) is 92.3 Å². The summed E-state index contributed by atoms with van der Waals surface area (Å²) in [6, 6.07) is 7.79. The van der Waals surface area contributed by atoms with E-state index in [4.69, 9.17) is 21.7 Å². The Hall–Kier alpha value is -3.51. The number of hydrazine groups is 1. The third-order valence-corrected chi connectivity index (χ3v) is 9.46. The molecule has 1 N–H and O–H groups in total. The number of methoxy groups -OCH3 is 1. The normalized spacial score (nSPS) is 28.2. The van der Waals surface area contributed by atoms with E-state index in [1.54, 1.807) is 24.3 Å². The molecule has 0 unspecified atom stereocenters. The van der Waals surface area contributed by atoms with Crippen molar-refractivity contribution in [2.45, 2.75) is 38.5 Å². The molecule has 1 aromatic carbocycles. The van der Waals surface area contributed by atoms with E-state index in [-0.39, 0.29) is 28.8 Å². The fourth-order valence-corrected chi connectivity index (χ4v) is 8.02. The summed E-state index contributed by atoms with van der Waals surface area (Å²) in [5.74, 6) is 2.31. The van der Waals surface area contributed by atoms with E-state index in [1.807, 2.05) is 0 Å². The van der Waals surface area contributed by atoms with E-state index in [1.165, 1.54) is 43.5 Å². The SMILES string of the molecule is COc1cc(/C=C2/SC(=S)N(NC(=O)C34CC5CC(CC(C5)C3)C4)C2=O)ccc1Oc1ccc([N+](=O)[O-])cn1. The fraction of sp³-hybridized carbons (Fsp3) is 0.407. The Balaban J connectivity index is 1.16. The number of carbonyl (C=O) groups excluding carboxylic acids is 2. The molecule has 0 atom stereocenters. The van der Waals surface area contributed by atoms with Gasteiger partial charge in [0, 0.05) is 12.1 Å². The van der Waals surface area contributed by atoms with Gasteiger partial charge in [-0.3, -0.25) is 25.1 Å². The Labute approximate surface area is 234 Å². The predicted molar refractivity (Wildman–Crippen MR) is 148 cm³/mol. The van der Waals surface area contributed by atoms with Gasteiger partial charge in [0.05, 0.1) is 22.4 Å². The van der Waals surface area contributed by atoms with Gasteiger partial charge in [-0.25, -0.2) is 4.98 Å². The summed E-state index contributed by atoms with van der Waals surface area (Å²) in [4.78, 5) is 41.4. The van der Waals surface area contributed by atoms with Crippen LogP contribution in [0.1, 0.15) is 44.1 Å². The van der Waals surface area contributed by atoms with Crippen LogP contribution < -0.4 is 14.9 Å². The highest BCUT2D eigenvalue weighted by atomic mass is 32.2. The van der Waals surface area contributed by atoms with Gasteiger partial charge in [-0.1, -0.05) is 17.8 Å². The van der Waals surface area contributed by atoms with E-state index >= 15 is 0 Å². The van der Waals surface area contributed by atoms with Crippen LogP contribution >= 0.6 is 24.0 Å². The maximum absolute atomic E-state index is 13.5. The average molecular weight is 567 g/mol. The molecule has 10 nitrogen and oxygen atoms in total.